The maximum absolute atomic E-state index is 6.41. The molecule has 0 atom stereocenters. The van der Waals surface area contributed by atoms with Gasteiger partial charge < -0.3 is 8.98 Å². The molecule has 4 heteroatoms. The minimum atomic E-state index is -0.171. The van der Waals surface area contributed by atoms with Crippen molar-refractivity contribution in [2.24, 2.45) is 0 Å². The van der Waals surface area contributed by atoms with Gasteiger partial charge in [0.05, 0.1) is 27.8 Å². The van der Waals surface area contributed by atoms with E-state index in [1.807, 2.05) is 30.3 Å². The molecule has 0 fully saturated rings. The van der Waals surface area contributed by atoms with Crippen molar-refractivity contribution in [1.82, 2.24) is 14.5 Å². The Hall–Kier alpha value is -7.04. The fourth-order valence-electron chi connectivity index (χ4n) is 9.54. The Morgan fingerprint density at radius 3 is 2.05 bits per heavy atom. The summed E-state index contributed by atoms with van der Waals surface area (Å²) < 4.78 is 8.89. The van der Waals surface area contributed by atoms with Crippen LogP contribution in [0.15, 0.2) is 168 Å². The molecule has 3 aromatic heterocycles. The van der Waals surface area contributed by atoms with Crippen LogP contribution in [0.1, 0.15) is 25.0 Å². The second-order valence-electron chi connectivity index (χ2n) is 15.3. The third kappa shape index (κ3) is 4.17. The lowest BCUT2D eigenvalue weighted by Gasteiger charge is -2.23. The summed E-state index contributed by atoms with van der Waals surface area (Å²) in [5.74, 6) is 0.642. The Morgan fingerprint density at radius 1 is 0.509 bits per heavy atom. The van der Waals surface area contributed by atoms with Crippen molar-refractivity contribution in [2.45, 2.75) is 19.3 Å². The number of nitrogens with zero attached hydrogens (tertiary/aromatic N) is 3. The second kappa shape index (κ2) is 11.0. The van der Waals surface area contributed by atoms with Gasteiger partial charge in [-0.3, -0.25) is 0 Å². The standard InChI is InChI=1S/C51H33N3O/c1-51(2)41-29-44-40(28-39(41)36-25-24-30-14-6-7-17-32(30)47(36)51)35-20-10-12-22-42(35)54(44)43-27-26-37(33-18-8-9-19-34(33)43)48-46-38-21-11-13-23-45(38)55-50(46)53-49(52-48)31-15-4-3-5-16-31/h3-29H,1-2H3. The Bertz CT molecular complexity index is 3400. The Morgan fingerprint density at radius 2 is 1.20 bits per heavy atom. The van der Waals surface area contributed by atoms with Gasteiger partial charge in [-0.15, -0.1) is 0 Å². The quantitative estimate of drug-likeness (QED) is 0.184. The molecule has 0 aliphatic heterocycles. The van der Waals surface area contributed by atoms with E-state index < -0.39 is 0 Å². The molecule has 12 rings (SSSR count). The maximum Gasteiger partial charge on any atom is 0.231 e. The molecule has 0 amide bonds. The van der Waals surface area contributed by atoms with Crippen LogP contribution in [0.4, 0.5) is 0 Å². The first kappa shape index (κ1) is 30.4. The zero-order valence-electron chi connectivity index (χ0n) is 30.3. The van der Waals surface area contributed by atoms with E-state index in [-0.39, 0.29) is 5.41 Å². The molecule has 0 radical (unpaired) electrons. The molecule has 3 heterocycles. The zero-order chi connectivity index (χ0) is 36.4. The van der Waals surface area contributed by atoms with Gasteiger partial charge in [0.25, 0.3) is 0 Å². The van der Waals surface area contributed by atoms with Crippen LogP contribution in [0.5, 0.6) is 0 Å². The largest absolute Gasteiger partial charge is 0.438 e. The number of fused-ring (bicyclic) bond motifs is 12. The SMILES string of the molecule is CC1(C)c2cc3c(cc2-c2ccc4ccccc4c21)c1ccccc1n3-c1ccc(-c2nc(-c3ccccc3)nc3oc4ccccc4c23)c2ccccc12. The molecule has 0 N–H and O–H groups in total. The van der Waals surface area contributed by atoms with Crippen molar-refractivity contribution in [3.05, 3.63) is 175 Å². The Labute approximate surface area is 316 Å². The van der Waals surface area contributed by atoms with Gasteiger partial charge in [-0.05, 0) is 68.7 Å². The van der Waals surface area contributed by atoms with Gasteiger partial charge in [-0.1, -0.05) is 147 Å². The first-order valence-corrected chi connectivity index (χ1v) is 18.9. The van der Waals surface area contributed by atoms with E-state index in [2.05, 4.69) is 152 Å². The van der Waals surface area contributed by atoms with E-state index in [1.54, 1.807) is 0 Å². The van der Waals surface area contributed by atoms with Gasteiger partial charge in [-0.25, -0.2) is 4.98 Å². The van der Waals surface area contributed by atoms with E-state index >= 15 is 0 Å². The van der Waals surface area contributed by atoms with Crippen molar-refractivity contribution < 1.29 is 4.42 Å². The average Bonchev–Trinajstić information content (AvgIpc) is 3.85. The van der Waals surface area contributed by atoms with E-state index in [0.29, 0.717) is 11.5 Å². The predicted molar refractivity (Wildman–Crippen MR) is 227 cm³/mol. The molecule has 1 aliphatic rings. The van der Waals surface area contributed by atoms with Crippen LogP contribution in [0, 0.1) is 0 Å². The van der Waals surface area contributed by atoms with E-state index in [4.69, 9.17) is 14.4 Å². The first-order chi connectivity index (χ1) is 27.0. The van der Waals surface area contributed by atoms with Gasteiger partial charge in [-0.2, -0.15) is 4.98 Å². The summed E-state index contributed by atoms with van der Waals surface area (Å²) in [5, 5.41) is 9.33. The van der Waals surface area contributed by atoms with E-state index in [9.17, 15) is 0 Å². The monoisotopic (exact) mass is 703 g/mol. The highest BCUT2D eigenvalue weighted by atomic mass is 16.3. The van der Waals surface area contributed by atoms with Crippen molar-refractivity contribution in [2.75, 3.05) is 0 Å². The van der Waals surface area contributed by atoms with Crippen LogP contribution in [0.3, 0.4) is 0 Å². The molecule has 4 nitrogen and oxygen atoms in total. The molecule has 0 unspecified atom stereocenters. The lowest BCUT2D eigenvalue weighted by Crippen LogP contribution is -2.15. The summed E-state index contributed by atoms with van der Waals surface area (Å²) in [4.78, 5) is 10.3. The lowest BCUT2D eigenvalue weighted by atomic mass is 9.80. The lowest BCUT2D eigenvalue weighted by molar-refractivity contribution is 0.653. The third-order valence-corrected chi connectivity index (χ3v) is 12.0. The highest BCUT2D eigenvalue weighted by Gasteiger charge is 2.38. The number of benzene rings is 8. The van der Waals surface area contributed by atoms with Gasteiger partial charge in [0, 0.05) is 38.1 Å². The Kier molecular flexibility index (Phi) is 6.09. The van der Waals surface area contributed by atoms with Crippen molar-refractivity contribution >= 4 is 65.4 Å². The summed E-state index contributed by atoms with van der Waals surface area (Å²) >= 11 is 0. The number of hydrogen-bond donors (Lipinski definition) is 0. The summed E-state index contributed by atoms with van der Waals surface area (Å²) in [5.41, 5.74) is 13.0. The van der Waals surface area contributed by atoms with Crippen LogP contribution in [0.25, 0.3) is 105 Å². The highest BCUT2D eigenvalue weighted by Crippen LogP contribution is 2.53. The maximum atomic E-state index is 6.41. The number of aromatic nitrogens is 3. The minimum Gasteiger partial charge on any atom is -0.438 e. The van der Waals surface area contributed by atoms with Crippen LogP contribution in [-0.4, -0.2) is 14.5 Å². The highest BCUT2D eigenvalue weighted by molar-refractivity contribution is 6.16. The molecule has 11 aromatic rings. The van der Waals surface area contributed by atoms with Gasteiger partial charge in [0.2, 0.25) is 5.71 Å². The van der Waals surface area contributed by atoms with Gasteiger partial charge in [0.1, 0.15) is 5.58 Å². The number of hydrogen-bond acceptors (Lipinski definition) is 3. The zero-order valence-corrected chi connectivity index (χ0v) is 30.3. The van der Waals surface area contributed by atoms with Crippen LogP contribution < -0.4 is 0 Å². The molecule has 8 aromatic carbocycles. The number of para-hydroxylation sites is 2. The molecular formula is C51H33N3O. The molecule has 0 saturated carbocycles. The predicted octanol–water partition coefficient (Wildman–Crippen LogP) is 13.4. The van der Waals surface area contributed by atoms with Crippen molar-refractivity contribution in [3.63, 3.8) is 0 Å². The third-order valence-electron chi connectivity index (χ3n) is 12.0. The van der Waals surface area contributed by atoms with Crippen molar-refractivity contribution in [1.29, 1.82) is 0 Å². The minimum absolute atomic E-state index is 0.171. The summed E-state index contributed by atoms with van der Waals surface area (Å²) in [6, 6.07) is 58.8. The first-order valence-electron chi connectivity index (χ1n) is 18.9. The molecule has 55 heavy (non-hydrogen) atoms. The Balaban J connectivity index is 1.14. The van der Waals surface area contributed by atoms with E-state index in [1.165, 1.54) is 54.8 Å². The summed E-state index contributed by atoms with van der Waals surface area (Å²) in [6.45, 7) is 4.78. The molecular weight excluding hydrogens is 671 g/mol. The van der Waals surface area contributed by atoms with Crippen LogP contribution >= 0.6 is 0 Å². The van der Waals surface area contributed by atoms with Gasteiger partial charge in [0.15, 0.2) is 5.82 Å². The number of rotatable bonds is 3. The summed E-state index contributed by atoms with van der Waals surface area (Å²) in [6.07, 6.45) is 0. The smallest absolute Gasteiger partial charge is 0.231 e. The average molecular weight is 704 g/mol. The number of furan rings is 1. The normalized spacial score (nSPS) is 13.4. The molecule has 258 valence electrons. The van der Waals surface area contributed by atoms with Crippen LogP contribution in [0.2, 0.25) is 0 Å². The summed E-state index contributed by atoms with van der Waals surface area (Å²) in [7, 11) is 0. The van der Waals surface area contributed by atoms with Crippen LogP contribution in [-0.2, 0) is 5.41 Å². The second-order valence-corrected chi connectivity index (χ2v) is 15.3. The van der Waals surface area contributed by atoms with E-state index in [0.717, 1.165) is 49.6 Å². The fourth-order valence-corrected chi connectivity index (χ4v) is 9.54. The van der Waals surface area contributed by atoms with Crippen molar-refractivity contribution in [3.8, 4) is 39.5 Å². The molecule has 0 saturated heterocycles. The molecule has 1 aliphatic carbocycles. The topological polar surface area (TPSA) is 43.9 Å². The molecule has 0 bridgehead atoms. The fraction of sp³-hybridized carbons (Fsp3) is 0.0588. The van der Waals surface area contributed by atoms with Gasteiger partial charge >= 0.3 is 0 Å². The molecule has 0 spiro atoms.